The van der Waals surface area contributed by atoms with Crippen LogP contribution in [0.5, 0.6) is 0 Å². The van der Waals surface area contributed by atoms with Crippen LogP contribution in [0.2, 0.25) is 0 Å². The maximum absolute atomic E-state index is 8.82. The van der Waals surface area contributed by atoms with Gasteiger partial charge in [0.2, 0.25) is 0 Å². The van der Waals surface area contributed by atoms with E-state index in [1.807, 2.05) is 24.3 Å². The second-order valence-electron chi connectivity index (χ2n) is 5.15. The van der Waals surface area contributed by atoms with Gasteiger partial charge < -0.3 is 5.73 Å². The Balaban J connectivity index is 1.88. The second-order valence-corrected chi connectivity index (χ2v) is 5.15. The Morgan fingerprint density at radius 3 is 2.53 bits per heavy atom. The Labute approximate surface area is 113 Å². The molecule has 0 amide bonds. The van der Waals surface area contributed by atoms with Gasteiger partial charge in [0, 0.05) is 0 Å². The molecular weight excluding hydrogens is 232 g/mol. The molecule has 0 unspecified atom stereocenters. The molecule has 94 valence electrons. The van der Waals surface area contributed by atoms with Crippen LogP contribution in [0.15, 0.2) is 48.5 Å². The zero-order chi connectivity index (χ0) is 13.2. The highest BCUT2D eigenvalue weighted by molar-refractivity contribution is 5.65. The largest absolute Gasteiger partial charge is 0.330 e. The standard InChI is InChI=1S/C17H16N2/c18-10-12-4-6-13(7-5-12)14-2-1-3-15(8-14)17-9-16(17)11-19/h1-8,16-17H,9,11,19H2/t16-,17-/m0/s1. The fourth-order valence-corrected chi connectivity index (χ4v) is 2.60. The van der Waals surface area contributed by atoms with Gasteiger partial charge in [0.25, 0.3) is 0 Å². The molecular formula is C17H16N2. The maximum Gasteiger partial charge on any atom is 0.0991 e. The first-order valence-electron chi connectivity index (χ1n) is 6.62. The van der Waals surface area contributed by atoms with Crippen LogP contribution in [0.4, 0.5) is 0 Å². The van der Waals surface area contributed by atoms with Crippen LogP contribution in [0.25, 0.3) is 11.1 Å². The van der Waals surface area contributed by atoms with E-state index in [1.54, 1.807) is 0 Å². The van der Waals surface area contributed by atoms with E-state index < -0.39 is 0 Å². The summed E-state index contributed by atoms with van der Waals surface area (Å²) in [6.45, 7) is 0.783. The third kappa shape index (κ3) is 2.38. The molecule has 2 nitrogen and oxygen atoms in total. The monoisotopic (exact) mass is 248 g/mol. The number of benzene rings is 2. The van der Waals surface area contributed by atoms with Gasteiger partial charge in [0.05, 0.1) is 11.6 Å². The number of nitrogens with zero attached hydrogens (tertiary/aromatic N) is 1. The van der Waals surface area contributed by atoms with Gasteiger partial charge in [-0.3, -0.25) is 0 Å². The maximum atomic E-state index is 8.82. The van der Waals surface area contributed by atoms with Gasteiger partial charge in [-0.2, -0.15) is 5.26 Å². The van der Waals surface area contributed by atoms with E-state index in [2.05, 4.69) is 30.3 Å². The molecule has 1 aliphatic rings. The average molecular weight is 248 g/mol. The minimum atomic E-state index is 0.642. The number of hydrogen-bond acceptors (Lipinski definition) is 2. The van der Waals surface area contributed by atoms with Crippen LogP contribution in [0.1, 0.15) is 23.5 Å². The third-order valence-corrected chi connectivity index (χ3v) is 3.89. The highest BCUT2D eigenvalue weighted by atomic mass is 14.6. The van der Waals surface area contributed by atoms with Crippen molar-refractivity contribution in [3.8, 4) is 17.2 Å². The van der Waals surface area contributed by atoms with E-state index in [0.29, 0.717) is 17.4 Å². The van der Waals surface area contributed by atoms with Gasteiger partial charge in [-0.15, -0.1) is 0 Å². The van der Waals surface area contributed by atoms with Crippen molar-refractivity contribution in [1.29, 1.82) is 5.26 Å². The molecule has 2 aromatic rings. The Morgan fingerprint density at radius 1 is 1.11 bits per heavy atom. The highest BCUT2D eigenvalue weighted by Crippen LogP contribution is 2.47. The van der Waals surface area contributed by atoms with Crippen LogP contribution >= 0.6 is 0 Å². The number of nitriles is 1. The van der Waals surface area contributed by atoms with Gasteiger partial charge in [0.15, 0.2) is 0 Å². The zero-order valence-electron chi connectivity index (χ0n) is 10.7. The lowest BCUT2D eigenvalue weighted by atomic mass is 10.00. The van der Waals surface area contributed by atoms with E-state index in [9.17, 15) is 0 Å². The molecule has 1 saturated carbocycles. The summed E-state index contributed by atoms with van der Waals surface area (Å²) in [5.74, 6) is 1.31. The summed E-state index contributed by atoms with van der Waals surface area (Å²) in [6.07, 6.45) is 1.22. The first kappa shape index (κ1) is 12.0. The van der Waals surface area contributed by atoms with Gasteiger partial charge in [-0.25, -0.2) is 0 Å². The smallest absolute Gasteiger partial charge is 0.0991 e. The summed E-state index contributed by atoms with van der Waals surface area (Å²) >= 11 is 0. The molecule has 1 fully saturated rings. The van der Waals surface area contributed by atoms with E-state index >= 15 is 0 Å². The topological polar surface area (TPSA) is 49.8 Å². The van der Waals surface area contributed by atoms with Crippen molar-refractivity contribution in [2.45, 2.75) is 12.3 Å². The van der Waals surface area contributed by atoms with Crippen LogP contribution in [-0.2, 0) is 0 Å². The third-order valence-electron chi connectivity index (χ3n) is 3.89. The minimum Gasteiger partial charge on any atom is -0.330 e. The number of hydrogen-bond donors (Lipinski definition) is 1. The first-order valence-corrected chi connectivity index (χ1v) is 6.62. The van der Waals surface area contributed by atoms with Crippen LogP contribution in [0, 0.1) is 17.2 Å². The SMILES string of the molecule is N#Cc1ccc(-c2cccc([C@@H]3C[C@H]3CN)c2)cc1. The lowest BCUT2D eigenvalue weighted by Gasteiger charge is -2.05. The number of nitrogens with two attached hydrogens (primary N) is 1. The summed E-state index contributed by atoms with van der Waals surface area (Å²) in [5.41, 5.74) is 10.2. The molecule has 0 radical (unpaired) electrons. The molecule has 2 aromatic carbocycles. The molecule has 3 rings (SSSR count). The molecule has 2 heteroatoms. The Kier molecular flexibility index (Phi) is 3.06. The van der Waals surface area contributed by atoms with Crippen LogP contribution in [0.3, 0.4) is 0 Å². The molecule has 2 atom stereocenters. The molecule has 0 aliphatic heterocycles. The van der Waals surface area contributed by atoms with Crippen molar-refractivity contribution < 1.29 is 0 Å². The van der Waals surface area contributed by atoms with Crippen LogP contribution < -0.4 is 5.73 Å². The summed E-state index contributed by atoms with van der Waals surface area (Å²) < 4.78 is 0. The van der Waals surface area contributed by atoms with Gasteiger partial charge >= 0.3 is 0 Å². The predicted molar refractivity (Wildman–Crippen MR) is 76.5 cm³/mol. The molecule has 1 aliphatic carbocycles. The molecule has 2 N–H and O–H groups in total. The fraction of sp³-hybridized carbons (Fsp3) is 0.235. The van der Waals surface area contributed by atoms with Crippen molar-refractivity contribution in [3.05, 3.63) is 59.7 Å². The summed E-state index contributed by atoms with van der Waals surface area (Å²) in [5, 5.41) is 8.82. The minimum absolute atomic E-state index is 0.642. The molecule has 0 saturated heterocycles. The first-order chi connectivity index (χ1) is 9.31. The fourth-order valence-electron chi connectivity index (χ4n) is 2.60. The Morgan fingerprint density at radius 2 is 1.89 bits per heavy atom. The van der Waals surface area contributed by atoms with Crippen molar-refractivity contribution in [1.82, 2.24) is 0 Å². The molecule has 0 aromatic heterocycles. The van der Waals surface area contributed by atoms with E-state index in [-0.39, 0.29) is 0 Å². The zero-order valence-corrected chi connectivity index (χ0v) is 10.7. The molecule has 0 heterocycles. The van der Waals surface area contributed by atoms with Crippen molar-refractivity contribution in [3.63, 3.8) is 0 Å². The lowest BCUT2D eigenvalue weighted by molar-refractivity contribution is 0.810. The Hall–Kier alpha value is -2.11. The molecule has 0 bridgehead atoms. The van der Waals surface area contributed by atoms with Crippen molar-refractivity contribution in [2.75, 3.05) is 6.54 Å². The lowest BCUT2D eigenvalue weighted by Crippen LogP contribution is -2.01. The second kappa shape index (κ2) is 4.87. The average Bonchev–Trinajstić information content (AvgIpc) is 3.27. The highest BCUT2D eigenvalue weighted by Gasteiger charge is 2.36. The van der Waals surface area contributed by atoms with E-state index in [1.165, 1.54) is 17.5 Å². The summed E-state index contributed by atoms with van der Waals surface area (Å²) in [6, 6.07) is 18.5. The van der Waals surface area contributed by atoms with Gasteiger partial charge in [0.1, 0.15) is 0 Å². The molecule has 0 spiro atoms. The van der Waals surface area contributed by atoms with Crippen LogP contribution in [-0.4, -0.2) is 6.54 Å². The van der Waals surface area contributed by atoms with Gasteiger partial charge in [-0.1, -0.05) is 36.4 Å². The molecule has 19 heavy (non-hydrogen) atoms. The van der Waals surface area contributed by atoms with Crippen molar-refractivity contribution in [2.24, 2.45) is 11.7 Å². The Bertz CT molecular complexity index is 622. The summed E-state index contributed by atoms with van der Waals surface area (Å²) in [4.78, 5) is 0. The van der Waals surface area contributed by atoms with E-state index in [4.69, 9.17) is 11.0 Å². The summed E-state index contributed by atoms with van der Waals surface area (Å²) in [7, 11) is 0. The predicted octanol–water partition coefficient (Wildman–Crippen LogP) is 3.29. The number of rotatable bonds is 3. The normalized spacial score (nSPS) is 20.8. The van der Waals surface area contributed by atoms with Gasteiger partial charge in [-0.05, 0) is 53.6 Å². The van der Waals surface area contributed by atoms with E-state index in [0.717, 1.165) is 12.1 Å². The van der Waals surface area contributed by atoms with Crippen molar-refractivity contribution >= 4 is 0 Å². The quantitative estimate of drug-likeness (QED) is 0.906.